The Labute approximate surface area is 141 Å². The Bertz CT molecular complexity index is 576. The van der Waals surface area contributed by atoms with Crippen LogP contribution < -0.4 is 4.74 Å². The second kappa shape index (κ2) is 8.20. The minimum absolute atomic E-state index is 0.0147. The molecule has 0 N–H and O–H groups in total. The van der Waals surface area contributed by atoms with Crippen molar-refractivity contribution in [1.29, 1.82) is 0 Å². The summed E-state index contributed by atoms with van der Waals surface area (Å²) in [4.78, 5) is 26.0. The number of carbonyl (C=O) groups excluding carboxylic acids is 2. The predicted molar refractivity (Wildman–Crippen MR) is 87.7 cm³/mol. The van der Waals surface area contributed by atoms with E-state index in [9.17, 15) is 9.59 Å². The third-order valence-electron chi connectivity index (χ3n) is 4.16. The summed E-state index contributed by atoms with van der Waals surface area (Å²) in [6, 6.07) is 5.15. The molecule has 1 unspecified atom stereocenters. The molecule has 1 aromatic carbocycles. The Hall–Kier alpha value is -1.75. The molecule has 0 aliphatic carbocycles. The number of amides is 1. The molecular weight excluding hydrogens is 318 g/mol. The number of methoxy groups -OCH3 is 2. The van der Waals surface area contributed by atoms with Gasteiger partial charge in [0.05, 0.1) is 27.1 Å². The second-order valence-electron chi connectivity index (χ2n) is 5.65. The second-order valence-corrected chi connectivity index (χ2v) is 6.09. The van der Waals surface area contributed by atoms with E-state index in [1.807, 2.05) is 0 Å². The smallest absolute Gasteiger partial charge is 0.307 e. The maximum absolute atomic E-state index is 12.7. The van der Waals surface area contributed by atoms with Crippen LogP contribution in [0.3, 0.4) is 0 Å². The average Bonchev–Trinajstić information content (AvgIpc) is 2.55. The van der Waals surface area contributed by atoms with E-state index in [1.54, 1.807) is 30.2 Å². The number of halogens is 1. The van der Waals surface area contributed by atoms with E-state index in [4.69, 9.17) is 21.1 Å². The lowest BCUT2D eigenvalue weighted by Gasteiger charge is -2.35. The van der Waals surface area contributed by atoms with E-state index < -0.39 is 0 Å². The van der Waals surface area contributed by atoms with Crippen LogP contribution in [0.1, 0.15) is 31.2 Å². The Morgan fingerprint density at radius 2 is 2.09 bits per heavy atom. The van der Waals surface area contributed by atoms with Gasteiger partial charge in [-0.05, 0) is 37.5 Å². The van der Waals surface area contributed by atoms with Gasteiger partial charge in [-0.25, -0.2) is 0 Å². The number of hydrogen-bond acceptors (Lipinski definition) is 4. The van der Waals surface area contributed by atoms with Crippen LogP contribution in [0, 0.1) is 0 Å². The summed E-state index contributed by atoms with van der Waals surface area (Å²) in [6.45, 7) is 0.670. The molecule has 1 aliphatic heterocycles. The highest BCUT2D eigenvalue weighted by molar-refractivity contribution is 6.30. The Balaban J connectivity index is 2.11. The molecule has 1 aliphatic rings. The topological polar surface area (TPSA) is 55.8 Å². The summed E-state index contributed by atoms with van der Waals surface area (Å²) in [5, 5.41) is 0.568. The quantitative estimate of drug-likeness (QED) is 0.774. The molecule has 1 fully saturated rings. The molecule has 126 valence electrons. The van der Waals surface area contributed by atoms with E-state index in [0.29, 0.717) is 17.3 Å². The first-order chi connectivity index (χ1) is 11.0. The van der Waals surface area contributed by atoms with Crippen molar-refractivity contribution in [3.05, 3.63) is 28.8 Å². The van der Waals surface area contributed by atoms with E-state index in [1.165, 1.54) is 7.11 Å². The molecule has 5 nitrogen and oxygen atoms in total. The summed E-state index contributed by atoms with van der Waals surface area (Å²) in [5.41, 5.74) is 0.757. The predicted octanol–water partition coefficient (Wildman–Crippen LogP) is 2.84. The molecule has 1 atom stereocenters. The first-order valence-corrected chi connectivity index (χ1v) is 8.11. The Morgan fingerprint density at radius 1 is 1.30 bits per heavy atom. The molecule has 0 bridgehead atoms. The normalized spacial score (nSPS) is 17.7. The summed E-state index contributed by atoms with van der Waals surface area (Å²) in [6.07, 6.45) is 3.26. The van der Waals surface area contributed by atoms with Gasteiger partial charge < -0.3 is 14.4 Å². The lowest BCUT2D eigenvalue weighted by atomic mass is 9.98. The van der Waals surface area contributed by atoms with Crippen molar-refractivity contribution in [2.24, 2.45) is 0 Å². The first kappa shape index (κ1) is 17.6. The fourth-order valence-corrected chi connectivity index (χ4v) is 3.16. The van der Waals surface area contributed by atoms with Gasteiger partial charge in [-0.1, -0.05) is 11.6 Å². The third-order valence-corrected chi connectivity index (χ3v) is 4.40. The number of hydrogen-bond donors (Lipinski definition) is 0. The monoisotopic (exact) mass is 339 g/mol. The molecule has 6 heteroatoms. The molecule has 0 aromatic heterocycles. The molecule has 1 heterocycles. The van der Waals surface area contributed by atoms with E-state index in [0.717, 1.165) is 24.8 Å². The van der Waals surface area contributed by atoms with Gasteiger partial charge in [-0.15, -0.1) is 0 Å². The average molecular weight is 340 g/mol. The van der Waals surface area contributed by atoms with Crippen molar-refractivity contribution in [1.82, 2.24) is 4.90 Å². The molecular formula is C17H22ClNO4. The molecule has 2 rings (SSSR count). The number of carbonyl (C=O) groups is 2. The zero-order chi connectivity index (χ0) is 16.8. The molecule has 1 aromatic rings. The number of rotatable bonds is 5. The molecule has 23 heavy (non-hydrogen) atoms. The van der Waals surface area contributed by atoms with Crippen molar-refractivity contribution in [2.75, 3.05) is 20.8 Å². The van der Waals surface area contributed by atoms with E-state index >= 15 is 0 Å². The first-order valence-electron chi connectivity index (χ1n) is 7.74. The summed E-state index contributed by atoms with van der Waals surface area (Å²) in [7, 11) is 2.94. The highest BCUT2D eigenvalue weighted by Gasteiger charge is 2.29. The largest absolute Gasteiger partial charge is 0.496 e. The fourth-order valence-electron chi connectivity index (χ4n) is 2.97. The van der Waals surface area contributed by atoms with Crippen LogP contribution in [0.5, 0.6) is 5.75 Å². The van der Waals surface area contributed by atoms with Crippen LogP contribution >= 0.6 is 11.6 Å². The maximum atomic E-state index is 12.7. The van der Waals surface area contributed by atoms with Gasteiger partial charge in [0.15, 0.2) is 0 Å². The van der Waals surface area contributed by atoms with Crippen molar-refractivity contribution in [3.63, 3.8) is 0 Å². The summed E-state index contributed by atoms with van der Waals surface area (Å²) >= 11 is 6.02. The van der Waals surface area contributed by atoms with Gasteiger partial charge in [0.25, 0.3) is 0 Å². The number of esters is 1. The summed E-state index contributed by atoms with van der Waals surface area (Å²) in [5.74, 6) is 0.346. The van der Waals surface area contributed by atoms with E-state index in [2.05, 4.69) is 0 Å². The van der Waals surface area contributed by atoms with Gasteiger partial charge in [0.2, 0.25) is 5.91 Å². The molecule has 0 spiro atoms. The molecule has 1 saturated heterocycles. The van der Waals surface area contributed by atoms with Crippen molar-refractivity contribution < 1.29 is 19.1 Å². The molecule has 0 saturated carbocycles. The van der Waals surface area contributed by atoms with Crippen molar-refractivity contribution in [2.45, 2.75) is 38.1 Å². The van der Waals surface area contributed by atoms with Crippen LogP contribution in [0.2, 0.25) is 5.02 Å². The van der Waals surface area contributed by atoms with E-state index in [-0.39, 0.29) is 30.8 Å². The van der Waals surface area contributed by atoms with Crippen LogP contribution in [-0.2, 0) is 20.7 Å². The minimum atomic E-state index is -0.282. The van der Waals surface area contributed by atoms with Gasteiger partial charge in [-0.2, -0.15) is 0 Å². The highest BCUT2D eigenvalue weighted by Crippen LogP contribution is 2.26. The SMILES string of the molecule is COC(=O)CC1CCCCN1C(=O)Cc1cc(Cl)ccc1OC. The van der Waals surface area contributed by atoms with Crippen molar-refractivity contribution in [3.8, 4) is 5.75 Å². The number of nitrogens with zero attached hydrogens (tertiary/aromatic N) is 1. The zero-order valence-electron chi connectivity index (χ0n) is 13.5. The van der Waals surface area contributed by atoms with Gasteiger partial charge in [-0.3, -0.25) is 9.59 Å². The van der Waals surface area contributed by atoms with Crippen LogP contribution in [0.15, 0.2) is 18.2 Å². The zero-order valence-corrected chi connectivity index (χ0v) is 14.3. The van der Waals surface area contributed by atoms with Crippen LogP contribution in [-0.4, -0.2) is 43.6 Å². The van der Waals surface area contributed by atoms with Crippen LogP contribution in [0.4, 0.5) is 0 Å². The van der Waals surface area contributed by atoms with Crippen LogP contribution in [0.25, 0.3) is 0 Å². The lowest BCUT2D eigenvalue weighted by molar-refractivity contribution is -0.144. The number of benzene rings is 1. The minimum Gasteiger partial charge on any atom is -0.496 e. The Morgan fingerprint density at radius 3 is 2.78 bits per heavy atom. The standard InChI is InChI=1S/C17H22ClNO4/c1-22-15-7-6-13(18)9-12(15)10-16(20)19-8-4-3-5-14(19)11-17(21)23-2/h6-7,9,14H,3-5,8,10-11H2,1-2H3. The maximum Gasteiger partial charge on any atom is 0.307 e. The van der Waals surface area contributed by atoms with Gasteiger partial charge in [0.1, 0.15) is 5.75 Å². The summed E-state index contributed by atoms with van der Waals surface area (Å²) < 4.78 is 10.0. The van der Waals surface area contributed by atoms with Gasteiger partial charge >= 0.3 is 5.97 Å². The fraction of sp³-hybridized carbons (Fsp3) is 0.529. The number of ether oxygens (including phenoxy) is 2. The molecule has 1 amide bonds. The lowest BCUT2D eigenvalue weighted by Crippen LogP contribution is -2.45. The Kier molecular flexibility index (Phi) is 6.28. The highest BCUT2D eigenvalue weighted by atomic mass is 35.5. The number of likely N-dealkylation sites (tertiary alicyclic amines) is 1. The third kappa shape index (κ3) is 4.61. The molecule has 0 radical (unpaired) electrons. The number of piperidine rings is 1. The van der Waals surface area contributed by atoms with Gasteiger partial charge in [0, 0.05) is 23.2 Å². The van der Waals surface area contributed by atoms with Crippen molar-refractivity contribution >= 4 is 23.5 Å².